The van der Waals surface area contributed by atoms with E-state index in [1.165, 1.54) is 11.3 Å². The van der Waals surface area contributed by atoms with E-state index in [4.69, 9.17) is 0 Å². The van der Waals surface area contributed by atoms with Crippen molar-refractivity contribution in [3.8, 4) is 22.0 Å². The maximum Gasteiger partial charge on any atom is 0.277 e. The topological polar surface area (TPSA) is 158 Å². The second-order valence-corrected chi connectivity index (χ2v) is 8.22. The first-order valence-corrected chi connectivity index (χ1v) is 10.9. The van der Waals surface area contributed by atoms with Crippen molar-refractivity contribution >= 4 is 40.0 Å². The van der Waals surface area contributed by atoms with Gasteiger partial charge in [-0.05, 0) is 35.7 Å². The van der Waals surface area contributed by atoms with E-state index in [1.807, 2.05) is 17.5 Å². The van der Waals surface area contributed by atoms with Crippen molar-refractivity contribution < 1.29 is 14.6 Å². The normalized spacial score (nSPS) is 10.9. The van der Waals surface area contributed by atoms with Crippen LogP contribution in [0.25, 0.3) is 27.6 Å². The summed E-state index contributed by atoms with van der Waals surface area (Å²) in [7, 11) is 0. The molecule has 3 aromatic heterocycles. The summed E-state index contributed by atoms with van der Waals surface area (Å²) >= 11 is 1.51. The molecule has 1 amide bonds. The molecule has 12 nitrogen and oxygen atoms in total. The summed E-state index contributed by atoms with van der Waals surface area (Å²) in [5.41, 5.74) is 0.926. The molecule has 2 aromatic carbocycles. The highest BCUT2D eigenvalue weighted by Crippen LogP contribution is 2.27. The molecule has 0 aliphatic heterocycles. The van der Waals surface area contributed by atoms with Crippen LogP contribution in [0.1, 0.15) is 10.4 Å². The maximum absolute atomic E-state index is 12.7. The first-order valence-electron chi connectivity index (χ1n) is 10.0. The number of rotatable bonds is 6. The van der Waals surface area contributed by atoms with Crippen molar-refractivity contribution in [1.29, 1.82) is 0 Å². The number of thiophene rings is 1. The Morgan fingerprint density at radius 2 is 1.69 bits per heavy atom. The molecule has 0 unspecified atom stereocenters. The molecule has 172 valence electrons. The lowest BCUT2D eigenvalue weighted by Crippen LogP contribution is -2.12. The molecule has 0 fully saturated rings. The van der Waals surface area contributed by atoms with Gasteiger partial charge in [-0.25, -0.2) is 0 Å². The average Bonchev–Trinajstić information content (AvgIpc) is 3.53. The van der Waals surface area contributed by atoms with Crippen molar-refractivity contribution in [1.82, 2.24) is 19.8 Å². The number of hydrogen-bond acceptors (Lipinski definition) is 9. The number of aromatic nitrogens is 4. The lowest BCUT2D eigenvalue weighted by atomic mass is 10.1. The summed E-state index contributed by atoms with van der Waals surface area (Å²) in [5.74, 6) is -0.121. The third kappa shape index (κ3) is 4.30. The molecule has 0 radical (unpaired) electrons. The number of amides is 1. The van der Waals surface area contributed by atoms with E-state index in [-0.39, 0.29) is 5.56 Å². The highest BCUT2D eigenvalue weighted by atomic mass is 32.1. The van der Waals surface area contributed by atoms with Gasteiger partial charge in [-0.3, -0.25) is 25.0 Å². The SMILES string of the molecule is O=C(Nc1cccc(-c2ccc3nnc(-c4cccs4)n3n2)c1)c1cc([N+](=O)[O-])cc([N+](=O)[O-])c1. The van der Waals surface area contributed by atoms with Crippen LogP contribution < -0.4 is 5.32 Å². The quantitative estimate of drug-likeness (QED) is 0.269. The summed E-state index contributed by atoms with van der Waals surface area (Å²) in [6.07, 6.45) is 0. The Kier molecular flexibility index (Phi) is 5.43. The van der Waals surface area contributed by atoms with Gasteiger partial charge in [0.05, 0.1) is 32.0 Å². The van der Waals surface area contributed by atoms with E-state index >= 15 is 0 Å². The van der Waals surface area contributed by atoms with Gasteiger partial charge in [0.25, 0.3) is 17.3 Å². The number of hydrogen-bond donors (Lipinski definition) is 1. The molecule has 0 atom stereocenters. The molecule has 13 heteroatoms. The zero-order valence-corrected chi connectivity index (χ0v) is 18.4. The number of fused-ring (bicyclic) bond motifs is 1. The summed E-state index contributed by atoms with van der Waals surface area (Å²) in [6.45, 7) is 0. The van der Waals surface area contributed by atoms with Crippen LogP contribution in [0.3, 0.4) is 0 Å². The van der Waals surface area contributed by atoms with Crippen LogP contribution in [0.4, 0.5) is 17.1 Å². The first-order chi connectivity index (χ1) is 16.9. The number of carbonyl (C=O) groups excluding carboxylic acids is 1. The lowest BCUT2D eigenvalue weighted by molar-refractivity contribution is -0.394. The van der Waals surface area contributed by atoms with E-state index in [2.05, 4.69) is 20.6 Å². The molecule has 1 N–H and O–H groups in total. The molecule has 0 bridgehead atoms. The highest BCUT2D eigenvalue weighted by molar-refractivity contribution is 7.13. The van der Waals surface area contributed by atoms with Crippen LogP contribution in [0.5, 0.6) is 0 Å². The van der Waals surface area contributed by atoms with Gasteiger partial charge < -0.3 is 5.32 Å². The lowest BCUT2D eigenvalue weighted by Gasteiger charge is -2.08. The molecule has 5 rings (SSSR count). The van der Waals surface area contributed by atoms with Gasteiger partial charge in [-0.2, -0.15) is 9.61 Å². The minimum Gasteiger partial charge on any atom is -0.322 e. The molecular weight excluding hydrogens is 474 g/mol. The number of benzene rings is 2. The summed E-state index contributed by atoms with van der Waals surface area (Å²) in [6, 6.07) is 17.0. The first kappa shape index (κ1) is 21.8. The molecule has 0 aliphatic carbocycles. The Morgan fingerprint density at radius 1 is 0.914 bits per heavy atom. The van der Waals surface area contributed by atoms with Gasteiger partial charge in [0, 0.05) is 23.4 Å². The largest absolute Gasteiger partial charge is 0.322 e. The van der Waals surface area contributed by atoms with Crippen LogP contribution in [0.15, 0.2) is 72.1 Å². The van der Waals surface area contributed by atoms with Gasteiger partial charge in [0.15, 0.2) is 11.5 Å². The minimum atomic E-state index is -0.790. The number of nitro groups is 2. The molecule has 5 aromatic rings. The van der Waals surface area contributed by atoms with Crippen molar-refractivity contribution in [2.24, 2.45) is 0 Å². The van der Waals surface area contributed by atoms with Crippen LogP contribution in [-0.2, 0) is 0 Å². The van der Waals surface area contributed by atoms with Crippen molar-refractivity contribution in [3.05, 3.63) is 97.9 Å². The van der Waals surface area contributed by atoms with E-state index in [9.17, 15) is 25.0 Å². The van der Waals surface area contributed by atoms with E-state index in [0.717, 1.165) is 23.1 Å². The molecular formula is C22H13N7O5S. The number of non-ortho nitro benzene ring substituents is 2. The Bertz CT molecular complexity index is 1580. The standard InChI is InChI=1S/C22H13N7O5S/c30-22(14-10-16(28(31)32)12-17(11-14)29(33)34)23-15-4-1-3-13(9-15)18-6-7-20-24-25-21(27(20)26-18)19-5-2-8-35-19/h1-12H,(H,23,30). The van der Waals surface area contributed by atoms with Crippen LogP contribution in [-0.4, -0.2) is 35.6 Å². The molecule has 0 aliphatic rings. The Morgan fingerprint density at radius 3 is 2.37 bits per heavy atom. The third-order valence-corrected chi connectivity index (χ3v) is 5.87. The number of nitrogens with one attached hydrogen (secondary N) is 1. The third-order valence-electron chi connectivity index (χ3n) is 5.01. The second-order valence-electron chi connectivity index (χ2n) is 7.28. The number of anilines is 1. The fraction of sp³-hybridized carbons (Fsp3) is 0. The number of carbonyl (C=O) groups is 1. The molecule has 0 spiro atoms. The molecule has 0 saturated heterocycles. The highest BCUT2D eigenvalue weighted by Gasteiger charge is 2.20. The maximum atomic E-state index is 12.7. The molecule has 0 saturated carbocycles. The van der Waals surface area contributed by atoms with Gasteiger partial charge in [0.2, 0.25) is 0 Å². The van der Waals surface area contributed by atoms with E-state index < -0.39 is 27.1 Å². The molecule has 3 heterocycles. The van der Waals surface area contributed by atoms with Gasteiger partial charge >= 0.3 is 0 Å². The summed E-state index contributed by atoms with van der Waals surface area (Å²) < 4.78 is 1.63. The van der Waals surface area contributed by atoms with Crippen molar-refractivity contribution in [3.63, 3.8) is 0 Å². The molecule has 35 heavy (non-hydrogen) atoms. The predicted octanol–water partition coefficient (Wildman–Crippen LogP) is 4.59. The predicted molar refractivity (Wildman–Crippen MR) is 127 cm³/mol. The number of nitrogens with zero attached hydrogens (tertiary/aromatic N) is 6. The smallest absolute Gasteiger partial charge is 0.277 e. The number of nitro benzene ring substituents is 2. The van der Waals surface area contributed by atoms with Crippen LogP contribution in [0.2, 0.25) is 0 Å². The van der Waals surface area contributed by atoms with Crippen LogP contribution >= 0.6 is 11.3 Å². The van der Waals surface area contributed by atoms with Gasteiger partial charge in [-0.1, -0.05) is 18.2 Å². The Labute approximate surface area is 199 Å². The van der Waals surface area contributed by atoms with Gasteiger partial charge in [0.1, 0.15) is 0 Å². The Balaban J connectivity index is 1.46. The Hall–Kier alpha value is -5.04. The van der Waals surface area contributed by atoms with Gasteiger partial charge in [-0.15, -0.1) is 21.5 Å². The fourth-order valence-corrected chi connectivity index (χ4v) is 4.09. The zero-order chi connectivity index (χ0) is 24.5. The minimum absolute atomic E-state index is 0.207. The second kappa shape index (κ2) is 8.72. The average molecular weight is 487 g/mol. The summed E-state index contributed by atoms with van der Waals surface area (Å²) in [5, 5.41) is 39.8. The fourth-order valence-electron chi connectivity index (χ4n) is 3.40. The summed E-state index contributed by atoms with van der Waals surface area (Å²) in [4.78, 5) is 34.3. The zero-order valence-electron chi connectivity index (χ0n) is 17.6. The van der Waals surface area contributed by atoms with Crippen molar-refractivity contribution in [2.75, 3.05) is 5.32 Å². The van der Waals surface area contributed by atoms with E-state index in [1.54, 1.807) is 40.9 Å². The van der Waals surface area contributed by atoms with E-state index in [0.29, 0.717) is 28.4 Å². The van der Waals surface area contributed by atoms with Crippen molar-refractivity contribution in [2.45, 2.75) is 0 Å². The monoisotopic (exact) mass is 487 g/mol. The van der Waals surface area contributed by atoms with Crippen LogP contribution in [0, 0.1) is 20.2 Å².